The Labute approximate surface area is 161 Å². The van der Waals surface area contributed by atoms with Crippen LogP contribution in [0.5, 0.6) is 0 Å². The van der Waals surface area contributed by atoms with Gasteiger partial charge in [0.25, 0.3) is 0 Å². The first kappa shape index (κ1) is 17.6. The van der Waals surface area contributed by atoms with Crippen LogP contribution in [0.15, 0.2) is 47.4 Å². The number of benzene rings is 1. The number of amides is 2. The number of piperidine rings is 1. The molecule has 3 heterocycles. The molecule has 0 radical (unpaired) electrons. The fraction of sp³-hybridized carbons (Fsp3) is 0.316. The monoisotopic (exact) mass is 385 g/mol. The Bertz CT molecular complexity index is 1000. The number of fused-ring (bicyclic) bond motifs is 1. The van der Waals surface area contributed by atoms with E-state index in [2.05, 4.69) is 15.3 Å². The number of hydrogen-bond donors (Lipinski definition) is 2. The summed E-state index contributed by atoms with van der Waals surface area (Å²) in [6.07, 6.45) is 3.05. The minimum Gasteiger partial charge on any atom is -0.332 e. The molecule has 0 unspecified atom stereocenters. The van der Waals surface area contributed by atoms with Gasteiger partial charge in [-0.05, 0) is 37.1 Å². The number of aromatic amines is 1. The Morgan fingerprint density at radius 3 is 2.74 bits per heavy atom. The molecule has 0 atom stereocenters. The van der Waals surface area contributed by atoms with Gasteiger partial charge in [-0.3, -0.25) is 9.55 Å². The van der Waals surface area contributed by atoms with Gasteiger partial charge in [0.15, 0.2) is 0 Å². The van der Waals surface area contributed by atoms with Gasteiger partial charge in [0.2, 0.25) is 0 Å². The largest absolute Gasteiger partial charge is 0.332 e. The van der Waals surface area contributed by atoms with Crippen molar-refractivity contribution in [2.75, 3.05) is 13.1 Å². The van der Waals surface area contributed by atoms with Crippen LogP contribution in [-0.4, -0.2) is 38.6 Å². The minimum absolute atomic E-state index is 0.0899. The highest BCUT2D eigenvalue weighted by molar-refractivity contribution is 6.30. The zero-order valence-corrected chi connectivity index (χ0v) is 15.4. The number of para-hydroxylation sites is 2. The molecule has 1 aliphatic rings. The summed E-state index contributed by atoms with van der Waals surface area (Å²) in [7, 11) is 0. The van der Waals surface area contributed by atoms with Gasteiger partial charge < -0.3 is 15.2 Å². The molecule has 1 aromatic carbocycles. The lowest BCUT2D eigenvalue weighted by molar-refractivity contribution is 0.171. The third kappa shape index (κ3) is 3.68. The van der Waals surface area contributed by atoms with Crippen LogP contribution in [0.4, 0.5) is 4.79 Å². The molecule has 0 aliphatic carbocycles. The van der Waals surface area contributed by atoms with Crippen molar-refractivity contribution in [3.8, 4) is 0 Å². The second-order valence-corrected chi connectivity index (χ2v) is 7.10. The number of pyridine rings is 1. The van der Waals surface area contributed by atoms with E-state index in [4.69, 9.17) is 11.6 Å². The van der Waals surface area contributed by atoms with Crippen LogP contribution >= 0.6 is 11.6 Å². The van der Waals surface area contributed by atoms with Crippen LogP contribution in [-0.2, 0) is 6.54 Å². The summed E-state index contributed by atoms with van der Waals surface area (Å²) in [5.41, 5.74) is 2.43. The first-order chi connectivity index (χ1) is 13.1. The van der Waals surface area contributed by atoms with E-state index in [1.165, 1.54) is 0 Å². The first-order valence-electron chi connectivity index (χ1n) is 8.94. The van der Waals surface area contributed by atoms with E-state index in [0.717, 1.165) is 29.6 Å². The summed E-state index contributed by atoms with van der Waals surface area (Å²) in [5.74, 6) is 0. The van der Waals surface area contributed by atoms with E-state index < -0.39 is 0 Å². The summed E-state index contributed by atoms with van der Waals surface area (Å²) in [4.78, 5) is 33.6. The Balaban J connectivity index is 1.37. The van der Waals surface area contributed by atoms with E-state index >= 15 is 0 Å². The maximum absolute atomic E-state index is 12.4. The Hall–Kier alpha value is -2.80. The molecule has 2 amide bonds. The number of H-pyrrole nitrogens is 1. The smallest absolute Gasteiger partial charge is 0.326 e. The van der Waals surface area contributed by atoms with E-state index in [-0.39, 0.29) is 17.8 Å². The second-order valence-electron chi connectivity index (χ2n) is 6.66. The summed E-state index contributed by atoms with van der Waals surface area (Å²) in [6, 6.07) is 11.2. The SMILES string of the molecule is O=C(NCc1ccc(Cl)cn1)N1CCC(n2c(=O)[nH]c3ccccc32)CC1. The van der Waals surface area contributed by atoms with Crippen molar-refractivity contribution in [1.29, 1.82) is 0 Å². The van der Waals surface area contributed by atoms with Gasteiger partial charge in [-0.1, -0.05) is 23.7 Å². The molecule has 1 aliphatic heterocycles. The average molecular weight is 386 g/mol. The molecule has 0 bridgehead atoms. The van der Waals surface area contributed by atoms with Crippen molar-refractivity contribution >= 4 is 28.7 Å². The van der Waals surface area contributed by atoms with Crippen LogP contribution in [0.1, 0.15) is 24.6 Å². The molecule has 0 spiro atoms. The van der Waals surface area contributed by atoms with Gasteiger partial charge in [-0.15, -0.1) is 0 Å². The number of carbonyl (C=O) groups is 1. The third-order valence-corrected chi connectivity index (χ3v) is 5.17. The number of rotatable bonds is 3. The predicted octanol–water partition coefficient (Wildman–Crippen LogP) is 2.92. The van der Waals surface area contributed by atoms with E-state index in [0.29, 0.717) is 24.7 Å². The van der Waals surface area contributed by atoms with Gasteiger partial charge in [-0.2, -0.15) is 0 Å². The van der Waals surface area contributed by atoms with Crippen molar-refractivity contribution in [1.82, 2.24) is 24.8 Å². The molecular formula is C19H20ClN5O2. The molecule has 8 heteroatoms. The third-order valence-electron chi connectivity index (χ3n) is 4.95. The lowest BCUT2D eigenvalue weighted by Crippen LogP contribution is -2.45. The van der Waals surface area contributed by atoms with Crippen LogP contribution in [0.3, 0.4) is 0 Å². The van der Waals surface area contributed by atoms with Crippen LogP contribution in [0.25, 0.3) is 11.0 Å². The van der Waals surface area contributed by atoms with Crippen molar-refractivity contribution in [2.24, 2.45) is 0 Å². The van der Waals surface area contributed by atoms with Crippen LogP contribution < -0.4 is 11.0 Å². The van der Waals surface area contributed by atoms with Crippen molar-refractivity contribution < 1.29 is 4.79 Å². The Kier molecular flexibility index (Phi) is 4.85. The minimum atomic E-state index is -0.114. The summed E-state index contributed by atoms with van der Waals surface area (Å²) < 4.78 is 1.82. The quantitative estimate of drug-likeness (QED) is 0.727. The standard InChI is InChI=1S/C19H20ClN5O2/c20-13-5-6-14(21-11-13)12-22-18(26)24-9-7-15(8-10-24)25-17-4-2-1-3-16(17)23-19(25)27/h1-6,11,15H,7-10,12H2,(H,22,26)(H,23,27). The molecule has 7 nitrogen and oxygen atoms in total. The average Bonchev–Trinajstić information content (AvgIpc) is 3.03. The highest BCUT2D eigenvalue weighted by Gasteiger charge is 2.25. The van der Waals surface area contributed by atoms with Crippen molar-refractivity contribution in [2.45, 2.75) is 25.4 Å². The predicted molar refractivity (Wildman–Crippen MR) is 104 cm³/mol. The Morgan fingerprint density at radius 1 is 1.22 bits per heavy atom. The van der Waals surface area contributed by atoms with Gasteiger partial charge in [0.1, 0.15) is 0 Å². The zero-order valence-electron chi connectivity index (χ0n) is 14.7. The highest BCUT2D eigenvalue weighted by atomic mass is 35.5. The molecule has 2 aromatic heterocycles. The number of likely N-dealkylation sites (tertiary alicyclic amines) is 1. The van der Waals surface area contributed by atoms with E-state index in [1.807, 2.05) is 28.8 Å². The maximum Gasteiger partial charge on any atom is 0.326 e. The number of halogens is 1. The fourth-order valence-corrected chi connectivity index (χ4v) is 3.66. The molecular weight excluding hydrogens is 366 g/mol. The fourth-order valence-electron chi connectivity index (χ4n) is 3.55. The highest BCUT2D eigenvalue weighted by Crippen LogP contribution is 2.24. The first-order valence-corrected chi connectivity index (χ1v) is 9.32. The molecule has 1 fully saturated rings. The number of urea groups is 1. The number of carbonyl (C=O) groups excluding carboxylic acids is 1. The van der Waals surface area contributed by atoms with Gasteiger partial charge in [-0.25, -0.2) is 9.59 Å². The molecule has 1 saturated heterocycles. The summed E-state index contributed by atoms with van der Waals surface area (Å²) >= 11 is 5.81. The van der Waals surface area contributed by atoms with Gasteiger partial charge in [0, 0.05) is 25.3 Å². The molecule has 3 aromatic rings. The number of aromatic nitrogens is 3. The van der Waals surface area contributed by atoms with Crippen LogP contribution in [0.2, 0.25) is 5.02 Å². The molecule has 27 heavy (non-hydrogen) atoms. The van der Waals surface area contributed by atoms with Crippen LogP contribution in [0, 0.1) is 0 Å². The van der Waals surface area contributed by atoms with E-state index in [9.17, 15) is 9.59 Å². The molecule has 140 valence electrons. The van der Waals surface area contributed by atoms with E-state index in [1.54, 1.807) is 23.2 Å². The number of nitrogens with zero attached hydrogens (tertiary/aromatic N) is 3. The Morgan fingerprint density at radius 2 is 2.00 bits per heavy atom. The zero-order chi connectivity index (χ0) is 18.8. The second kappa shape index (κ2) is 7.44. The molecule has 2 N–H and O–H groups in total. The van der Waals surface area contributed by atoms with Crippen molar-refractivity contribution in [3.63, 3.8) is 0 Å². The van der Waals surface area contributed by atoms with Gasteiger partial charge >= 0.3 is 11.7 Å². The number of imidazole rings is 1. The summed E-state index contributed by atoms with van der Waals surface area (Å²) in [5, 5.41) is 3.45. The number of hydrogen-bond acceptors (Lipinski definition) is 3. The topological polar surface area (TPSA) is 83.0 Å². The number of nitrogens with one attached hydrogen (secondary N) is 2. The van der Waals surface area contributed by atoms with Gasteiger partial charge in [0.05, 0.1) is 28.3 Å². The molecule has 0 saturated carbocycles. The summed E-state index contributed by atoms with van der Waals surface area (Å²) in [6.45, 7) is 1.57. The maximum atomic E-state index is 12.4. The lowest BCUT2D eigenvalue weighted by atomic mass is 10.0. The van der Waals surface area contributed by atoms with Crippen molar-refractivity contribution in [3.05, 3.63) is 63.8 Å². The lowest BCUT2D eigenvalue weighted by Gasteiger charge is -2.32. The molecule has 4 rings (SSSR count). The normalized spacial score (nSPS) is 15.2.